The van der Waals surface area contributed by atoms with Crippen LogP contribution in [-0.2, 0) is 11.3 Å². The minimum atomic E-state index is -0.0319. The van der Waals surface area contributed by atoms with Gasteiger partial charge < -0.3 is 10.2 Å². The van der Waals surface area contributed by atoms with Crippen molar-refractivity contribution >= 4 is 17.2 Å². The van der Waals surface area contributed by atoms with E-state index in [9.17, 15) is 4.79 Å². The van der Waals surface area contributed by atoms with Gasteiger partial charge in [0.05, 0.1) is 5.57 Å². The first-order chi connectivity index (χ1) is 10.1. The summed E-state index contributed by atoms with van der Waals surface area (Å²) in [5.74, 6) is -0.0319. The molecule has 3 nitrogen and oxygen atoms in total. The molecule has 0 spiro atoms. The van der Waals surface area contributed by atoms with Crippen LogP contribution in [0.4, 0.5) is 5.69 Å². The quantitative estimate of drug-likeness (QED) is 0.872. The van der Waals surface area contributed by atoms with Crippen molar-refractivity contribution in [2.75, 3.05) is 12.4 Å². The van der Waals surface area contributed by atoms with E-state index >= 15 is 0 Å². The first-order valence-electron chi connectivity index (χ1n) is 7.02. The van der Waals surface area contributed by atoms with Crippen molar-refractivity contribution < 1.29 is 4.79 Å². The van der Waals surface area contributed by atoms with Crippen LogP contribution in [0.1, 0.15) is 16.7 Å². The Bertz CT molecular complexity index is 704. The molecular formula is C18H18N2O. The van der Waals surface area contributed by atoms with E-state index in [4.69, 9.17) is 0 Å². The second-order valence-electron chi connectivity index (χ2n) is 5.45. The first-order valence-corrected chi connectivity index (χ1v) is 7.02. The van der Waals surface area contributed by atoms with E-state index in [0.717, 1.165) is 28.9 Å². The molecule has 0 fully saturated rings. The zero-order chi connectivity index (χ0) is 14.8. The summed E-state index contributed by atoms with van der Waals surface area (Å²) >= 11 is 0. The fraction of sp³-hybridized carbons (Fsp3) is 0.167. The lowest BCUT2D eigenvalue weighted by Crippen LogP contribution is -2.13. The minimum Gasteiger partial charge on any atom is -0.375 e. The number of hydrogen-bond acceptors (Lipinski definition) is 2. The molecule has 1 N–H and O–H groups in total. The minimum absolute atomic E-state index is 0.0319. The molecule has 0 saturated heterocycles. The number of rotatable bonds is 3. The third-order valence-electron chi connectivity index (χ3n) is 3.58. The summed E-state index contributed by atoms with van der Waals surface area (Å²) in [6, 6.07) is 16.3. The molecular weight excluding hydrogens is 260 g/mol. The van der Waals surface area contributed by atoms with Crippen LogP contribution in [0.2, 0.25) is 0 Å². The molecule has 1 heterocycles. The van der Waals surface area contributed by atoms with Gasteiger partial charge in [-0.05, 0) is 24.1 Å². The van der Waals surface area contributed by atoms with Crippen molar-refractivity contribution in [3.63, 3.8) is 0 Å². The van der Waals surface area contributed by atoms with Gasteiger partial charge in [0.15, 0.2) is 0 Å². The van der Waals surface area contributed by atoms with Gasteiger partial charge in [-0.3, -0.25) is 4.79 Å². The van der Waals surface area contributed by atoms with Crippen molar-refractivity contribution in [1.82, 2.24) is 4.90 Å². The lowest BCUT2D eigenvalue weighted by Gasteiger charge is -2.15. The maximum Gasteiger partial charge on any atom is 0.257 e. The second kappa shape index (κ2) is 5.44. The van der Waals surface area contributed by atoms with Crippen molar-refractivity contribution in [2.24, 2.45) is 0 Å². The Morgan fingerprint density at radius 1 is 1.14 bits per heavy atom. The highest BCUT2D eigenvalue weighted by Gasteiger charge is 2.24. The normalized spacial score (nSPS) is 15.0. The highest BCUT2D eigenvalue weighted by atomic mass is 16.2. The van der Waals surface area contributed by atoms with E-state index in [1.807, 2.05) is 61.5 Å². The Morgan fingerprint density at radius 2 is 1.90 bits per heavy atom. The number of nitrogens with one attached hydrogen (secondary N) is 1. The van der Waals surface area contributed by atoms with Crippen molar-refractivity contribution in [1.29, 1.82) is 0 Å². The van der Waals surface area contributed by atoms with Gasteiger partial charge in [-0.15, -0.1) is 0 Å². The number of nitrogens with zero attached hydrogens (tertiary/aromatic N) is 1. The van der Waals surface area contributed by atoms with Gasteiger partial charge in [-0.25, -0.2) is 0 Å². The number of fused-ring (bicyclic) bond motifs is 1. The predicted molar refractivity (Wildman–Crippen MR) is 85.7 cm³/mol. The van der Waals surface area contributed by atoms with Gasteiger partial charge in [-0.1, -0.05) is 42.5 Å². The van der Waals surface area contributed by atoms with Crippen LogP contribution in [0.25, 0.3) is 5.57 Å². The van der Waals surface area contributed by atoms with Crippen LogP contribution in [0, 0.1) is 6.92 Å². The molecule has 21 heavy (non-hydrogen) atoms. The van der Waals surface area contributed by atoms with Crippen LogP contribution in [-0.4, -0.2) is 17.9 Å². The van der Waals surface area contributed by atoms with Gasteiger partial charge in [0.25, 0.3) is 5.91 Å². The highest BCUT2D eigenvalue weighted by Crippen LogP contribution is 2.32. The van der Waals surface area contributed by atoms with Gasteiger partial charge in [0, 0.05) is 31.0 Å². The summed E-state index contributed by atoms with van der Waals surface area (Å²) < 4.78 is 0. The monoisotopic (exact) mass is 278 g/mol. The molecule has 0 saturated carbocycles. The van der Waals surface area contributed by atoms with E-state index in [2.05, 4.69) is 17.4 Å². The molecule has 1 aliphatic heterocycles. The van der Waals surface area contributed by atoms with Crippen LogP contribution < -0.4 is 5.32 Å². The Kier molecular flexibility index (Phi) is 3.48. The third-order valence-corrected chi connectivity index (χ3v) is 3.58. The predicted octanol–water partition coefficient (Wildman–Crippen LogP) is 3.42. The number of aryl methyl sites for hydroxylation is 1. The topological polar surface area (TPSA) is 32.3 Å². The summed E-state index contributed by atoms with van der Waals surface area (Å²) in [5, 5.41) is 2.92. The lowest BCUT2D eigenvalue weighted by atomic mass is 10.1. The Balaban J connectivity index is 1.85. The highest BCUT2D eigenvalue weighted by molar-refractivity contribution is 6.31. The number of carbonyl (C=O) groups excluding carboxylic acids is 1. The van der Waals surface area contributed by atoms with E-state index in [0.29, 0.717) is 0 Å². The SMILES string of the molecule is Cc1ccc2c(c1)NC(=O)/C2=C/N(C)Cc1ccccc1. The lowest BCUT2D eigenvalue weighted by molar-refractivity contribution is -0.110. The maximum atomic E-state index is 12.1. The summed E-state index contributed by atoms with van der Waals surface area (Å²) in [6.45, 7) is 2.80. The summed E-state index contributed by atoms with van der Waals surface area (Å²) in [4.78, 5) is 14.2. The van der Waals surface area contributed by atoms with Gasteiger partial charge in [0.2, 0.25) is 0 Å². The molecule has 3 heteroatoms. The molecule has 1 amide bonds. The second-order valence-corrected chi connectivity index (χ2v) is 5.45. The number of hydrogen-bond donors (Lipinski definition) is 1. The zero-order valence-corrected chi connectivity index (χ0v) is 12.3. The average Bonchev–Trinajstić information content (AvgIpc) is 2.75. The maximum absolute atomic E-state index is 12.1. The molecule has 2 aromatic rings. The smallest absolute Gasteiger partial charge is 0.257 e. The molecule has 2 aromatic carbocycles. The van der Waals surface area contributed by atoms with E-state index in [1.165, 1.54) is 5.56 Å². The summed E-state index contributed by atoms with van der Waals surface area (Å²) in [6.07, 6.45) is 1.92. The molecule has 0 aliphatic carbocycles. The van der Waals surface area contributed by atoms with Crippen LogP contribution in [0.5, 0.6) is 0 Å². The van der Waals surface area contributed by atoms with Crippen LogP contribution in [0.3, 0.4) is 0 Å². The zero-order valence-electron chi connectivity index (χ0n) is 12.3. The van der Waals surface area contributed by atoms with E-state index < -0.39 is 0 Å². The molecule has 3 rings (SSSR count). The Hall–Kier alpha value is -2.55. The number of carbonyl (C=O) groups is 1. The fourth-order valence-electron chi connectivity index (χ4n) is 2.57. The number of anilines is 1. The first kappa shape index (κ1) is 13.4. The number of amides is 1. The van der Waals surface area contributed by atoms with Gasteiger partial charge in [-0.2, -0.15) is 0 Å². The third kappa shape index (κ3) is 2.82. The molecule has 0 unspecified atom stereocenters. The molecule has 0 radical (unpaired) electrons. The standard InChI is InChI=1S/C18H18N2O/c1-13-8-9-15-16(18(21)19-17(15)10-13)12-20(2)11-14-6-4-3-5-7-14/h3-10,12H,11H2,1-2H3,(H,19,21)/b16-12+. The average molecular weight is 278 g/mol. The van der Waals surface area contributed by atoms with E-state index in [1.54, 1.807) is 0 Å². The molecule has 0 bridgehead atoms. The Morgan fingerprint density at radius 3 is 2.67 bits per heavy atom. The largest absolute Gasteiger partial charge is 0.375 e. The van der Waals surface area contributed by atoms with Crippen LogP contribution >= 0.6 is 0 Å². The number of benzene rings is 2. The molecule has 106 valence electrons. The van der Waals surface area contributed by atoms with Crippen molar-refractivity contribution in [3.05, 3.63) is 71.4 Å². The summed E-state index contributed by atoms with van der Waals surface area (Å²) in [7, 11) is 1.99. The molecule has 0 atom stereocenters. The van der Waals surface area contributed by atoms with Crippen molar-refractivity contribution in [3.8, 4) is 0 Å². The van der Waals surface area contributed by atoms with Crippen molar-refractivity contribution in [2.45, 2.75) is 13.5 Å². The molecule has 1 aliphatic rings. The summed E-state index contributed by atoms with van der Waals surface area (Å²) in [5.41, 5.74) is 4.97. The van der Waals surface area contributed by atoms with Crippen LogP contribution in [0.15, 0.2) is 54.7 Å². The fourth-order valence-corrected chi connectivity index (χ4v) is 2.57. The van der Waals surface area contributed by atoms with Gasteiger partial charge >= 0.3 is 0 Å². The Labute approximate surface area is 124 Å². The van der Waals surface area contributed by atoms with Gasteiger partial charge in [0.1, 0.15) is 0 Å². The molecule has 0 aromatic heterocycles. The van der Waals surface area contributed by atoms with E-state index in [-0.39, 0.29) is 5.91 Å².